The van der Waals surface area contributed by atoms with Crippen LogP contribution in [-0.2, 0) is 10.0 Å². The lowest BCUT2D eigenvalue weighted by molar-refractivity contribution is 0.0696. The van der Waals surface area contributed by atoms with Crippen molar-refractivity contribution >= 4 is 21.7 Å². The Bertz CT molecular complexity index is 847. The van der Waals surface area contributed by atoms with Crippen LogP contribution in [0.2, 0.25) is 0 Å². The van der Waals surface area contributed by atoms with Gasteiger partial charge >= 0.3 is 5.97 Å². The van der Waals surface area contributed by atoms with Gasteiger partial charge in [-0.25, -0.2) is 17.6 Å². The molecule has 0 heterocycles. The number of aryl methyl sites for hydroxylation is 2. The lowest BCUT2D eigenvalue weighted by atomic mass is 10.1. The molecule has 0 bridgehead atoms. The first-order valence-electron chi connectivity index (χ1n) is 6.34. The number of halogens is 1. The van der Waals surface area contributed by atoms with Gasteiger partial charge < -0.3 is 5.11 Å². The average Bonchev–Trinajstić information content (AvgIpc) is 2.40. The van der Waals surface area contributed by atoms with E-state index < -0.39 is 21.8 Å². The third-order valence-corrected chi connectivity index (χ3v) is 4.67. The molecule has 7 heteroatoms. The van der Waals surface area contributed by atoms with Crippen molar-refractivity contribution in [2.24, 2.45) is 0 Å². The van der Waals surface area contributed by atoms with Gasteiger partial charge in [0.25, 0.3) is 10.0 Å². The van der Waals surface area contributed by atoms with Gasteiger partial charge in [0.1, 0.15) is 5.82 Å². The molecule has 0 aliphatic carbocycles. The maximum Gasteiger partial charge on any atom is 0.335 e. The van der Waals surface area contributed by atoms with E-state index in [0.717, 1.165) is 12.1 Å². The Morgan fingerprint density at radius 3 is 2.36 bits per heavy atom. The van der Waals surface area contributed by atoms with Gasteiger partial charge in [0, 0.05) is 0 Å². The maximum absolute atomic E-state index is 13.6. The fourth-order valence-electron chi connectivity index (χ4n) is 2.10. The third kappa shape index (κ3) is 3.09. The van der Waals surface area contributed by atoms with E-state index >= 15 is 0 Å². The Kier molecular flexibility index (Phi) is 4.18. The van der Waals surface area contributed by atoms with E-state index in [-0.39, 0.29) is 16.1 Å². The predicted octanol–water partition coefficient (Wildman–Crippen LogP) is 2.94. The Balaban J connectivity index is 2.52. The molecule has 0 atom stereocenters. The lowest BCUT2D eigenvalue weighted by Crippen LogP contribution is -2.16. The summed E-state index contributed by atoms with van der Waals surface area (Å²) in [7, 11) is -4.09. The lowest BCUT2D eigenvalue weighted by Gasteiger charge is -2.13. The number of para-hydroxylation sites is 1. The van der Waals surface area contributed by atoms with Crippen molar-refractivity contribution in [3.05, 3.63) is 58.9 Å². The minimum atomic E-state index is -4.09. The first-order valence-corrected chi connectivity index (χ1v) is 7.82. The summed E-state index contributed by atoms with van der Waals surface area (Å²) in [6.07, 6.45) is 0. The van der Waals surface area contributed by atoms with Crippen LogP contribution in [0.4, 0.5) is 10.1 Å². The standard InChI is InChI=1S/C15H14FNO4S/c1-9-7-10(2)14(8-11(9)15(18)19)22(20,21)17-13-6-4-3-5-12(13)16/h3-8,17H,1-2H3,(H,18,19). The maximum atomic E-state index is 13.6. The molecule has 0 fully saturated rings. The number of hydrogen-bond donors (Lipinski definition) is 2. The smallest absolute Gasteiger partial charge is 0.335 e. The second-order valence-electron chi connectivity index (χ2n) is 4.82. The number of rotatable bonds is 4. The van der Waals surface area contributed by atoms with E-state index in [4.69, 9.17) is 5.11 Å². The summed E-state index contributed by atoms with van der Waals surface area (Å²) in [5, 5.41) is 9.11. The zero-order valence-corrected chi connectivity index (χ0v) is 12.7. The van der Waals surface area contributed by atoms with Gasteiger partial charge in [-0.2, -0.15) is 0 Å². The highest BCUT2D eigenvalue weighted by Gasteiger charge is 2.21. The van der Waals surface area contributed by atoms with Crippen LogP contribution in [0.1, 0.15) is 21.5 Å². The average molecular weight is 323 g/mol. The Morgan fingerprint density at radius 1 is 1.14 bits per heavy atom. The van der Waals surface area contributed by atoms with Crippen molar-refractivity contribution in [2.45, 2.75) is 18.7 Å². The molecule has 2 aromatic rings. The van der Waals surface area contributed by atoms with Crippen LogP contribution in [0.25, 0.3) is 0 Å². The SMILES string of the molecule is Cc1cc(C)c(S(=O)(=O)Nc2ccccc2F)cc1C(=O)O. The molecular weight excluding hydrogens is 309 g/mol. The second kappa shape index (κ2) is 5.76. The highest BCUT2D eigenvalue weighted by molar-refractivity contribution is 7.92. The number of carbonyl (C=O) groups is 1. The zero-order chi connectivity index (χ0) is 16.5. The quantitative estimate of drug-likeness (QED) is 0.906. The van der Waals surface area contributed by atoms with Crippen molar-refractivity contribution in [2.75, 3.05) is 4.72 Å². The van der Waals surface area contributed by atoms with E-state index in [1.54, 1.807) is 13.8 Å². The van der Waals surface area contributed by atoms with Crippen LogP contribution in [0, 0.1) is 19.7 Å². The largest absolute Gasteiger partial charge is 0.478 e. The molecule has 0 saturated heterocycles. The highest BCUT2D eigenvalue weighted by atomic mass is 32.2. The van der Waals surface area contributed by atoms with Gasteiger partial charge in [-0.1, -0.05) is 18.2 Å². The normalized spacial score (nSPS) is 11.2. The molecule has 5 nitrogen and oxygen atoms in total. The van der Waals surface area contributed by atoms with Gasteiger partial charge in [0.05, 0.1) is 16.1 Å². The number of carboxylic acids is 1. The molecule has 22 heavy (non-hydrogen) atoms. The summed E-state index contributed by atoms with van der Waals surface area (Å²) in [6.45, 7) is 3.13. The molecule has 0 spiro atoms. The van der Waals surface area contributed by atoms with Crippen molar-refractivity contribution in [3.63, 3.8) is 0 Å². The first kappa shape index (κ1) is 16.0. The number of nitrogens with one attached hydrogen (secondary N) is 1. The van der Waals surface area contributed by atoms with E-state index in [1.165, 1.54) is 24.3 Å². The molecule has 0 amide bonds. The van der Waals surface area contributed by atoms with Crippen molar-refractivity contribution in [1.82, 2.24) is 0 Å². The summed E-state index contributed by atoms with van der Waals surface area (Å²) in [5.41, 5.74) is 0.528. The molecule has 0 radical (unpaired) electrons. The third-order valence-electron chi connectivity index (χ3n) is 3.16. The summed E-state index contributed by atoms with van der Waals surface area (Å²) >= 11 is 0. The van der Waals surface area contributed by atoms with Crippen molar-refractivity contribution in [1.29, 1.82) is 0 Å². The Hall–Kier alpha value is -2.41. The van der Waals surface area contributed by atoms with Gasteiger partial charge in [0.2, 0.25) is 0 Å². The highest BCUT2D eigenvalue weighted by Crippen LogP contribution is 2.24. The molecule has 0 aliphatic rings. The number of benzene rings is 2. The summed E-state index contributed by atoms with van der Waals surface area (Å²) in [4.78, 5) is 11.0. The number of aromatic carboxylic acids is 1. The van der Waals surface area contributed by atoms with Gasteiger partial charge in [0.15, 0.2) is 0 Å². The fourth-order valence-corrected chi connectivity index (χ4v) is 3.42. The molecule has 116 valence electrons. The molecule has 0 unspecified atom stereocenters. The zero-order valence-electron chi connectivity index (χ0n) is 11.9. The molecule has 0 saturated carbocycles. The summed E-state index contributed by atoms with van der Waals surface area (Å²) in [5.74, 6) is -1.94. The van der Waals surface area contributed by atoms with Crippen LogP contribution in [0.3, 0.4) is 0 Å². The van der Waals surface area contributed by atoms with Gasteiger partial charge in [-0.15, -0.1) is 0 Å². The number of carboxylic acid groups (broad SMARTS) is 1. The second-order valence-corrected chi connectivity index (χ2v) is 6.47. The van der Waals surface area contributed by atoms with Crippen LogP contribution >= 0.6 is 0 Å². The monoisotopic (exact) mass is 323 g/mol. The van der Waals surface area contributed by atoms with Crippen LogP contribution in [0.15, 0.2) is 41.3 Å². The van der Waals surface area contributed by atoms with E-state index in [9.17, 15) is 17.6 Å². The molecular formula is C15H14FNO4S. The van der Waals surface area contributed by atoms with Crippen LogP contribution in [-0.4, -0.2) is 19.5 Å². The van der Waals surface area contributed by atoms with Crippen LogP contribution < -0.4 is 4.72 Å². The predicted molar refractivity (Wildman–Crippen MR) is 80.1 cm³/mol. The Labute approximate surface area is 127 Å². The molecule has 0 aliphatic heterocycles. The van der Waals surface area contributed by atoms with Crippen LogP contribution in [0.5, 0.6) is 0 Å². The summed E-state index contributed by atoms with van der Waals surface area (Å²) in [6, 6.07) is 7.89. The topological polar surface area (TPSA) is 83.5 Å². The van der Waals surface area contributed by atoms with E-state index in [0.29, 0.717) is 11.1 Å². The van der Waals surface area contributed by atoms with Crippen molar-refractivity contribution in [3.8, 4) is 0 Å². The van der Waals surface area contributed by atoms with E-state index in [1.807, 2.05) is 0 Å². The van der Waals surface area contributed by atoms with Gasteiger partial charge in [-0.3, -0.25) is 4.72 Å². The molecule has 2 aromatic carbocycles. The van der Waals surface area contributed by atoms with Gasteiger partial charge in [-0.05, 0) is 43.2 Å². The molecule has 2 rings (SSSR count). The minimum Gasteiger partial charge on any atom is -0.478 e. The van der Waals surface area contributed by atoms with Crippen molar-refractivity contribution < 1.29 is 22.7 Å². The summed E-state index contributed by atoms with van der Waals surface area (Å²) < 4.78 is 40.5. The van der Waals surface area contributed by atoms with E-state index in [2.05, 4.69) is 4.72 Å². The number of anilines is 1. The Morgan fingerprint density at radius 2 is 1.77 bits per heavy atom. The fraction of sp³-hybridized carbons (Fsp3) is 0.133. The molecule has 2 N–H and O–H groups in total. The number of sulfonamides is 1. The molecule has 0 aromatic heterocycles. The first-order chi connectivity index (χ1) is 10.2. The minimum absolute atomic E-state index is 0.112. The number of hydrogen-bond acceptors (Lipinski definition) is 3.